The lowest BCUT2D eigenvalue weighted by molar-refractivity contribution is -0.130. The Bertz CT molecular complexity index is 864. The molecular formula is C20H18O5. The van der Waals surface area contributed by atoms with E-state index >= 15 is 0 Å². The summed E-state index contributed by atoms with van der Waals surface area (Å²) in [6.45, 7) is 0. The van der Waals surface area contributed by atoms with Crippen molar-refractivity contribution in [3.8, 4) is 17.2 Å². The number of carbonyl (C=O) groups excluding carboxylic acids is 1. The number of carbonyl (C=O) groups is 1. The van der Waals surface area contributed by atoms with Crippen LogP contribution >= 0.6 is 0 Å². The Morgan fingerprint density at radius 3 is 2.40 bits per heavy atom. The molecule has 0 radical (unpaired) electrons. The van der Waals surface area contributed by atoms with Crippen LogP contribution in [-0.2, 0) is 9.53 Å². The summed E-state index contributed by atoms with van der Waals surface area (Å²) >= 11 is 0. The molecule has 0 aromatic heterocycles. The van der Waals surface area contributed by atoms with E-state index in [1.165, 1.54) is 0 Å². The standard InChI is InChI=1S/C20H18O5/c1-22-15-8-9-16(18(12-15)24-3)19-11-14(20(21)25-19)10-13-6-4-5-7-17(13)23-2/h4-12H,1-3H3/b14-10+. The lowest BCUT2D eigenvalue weighted by Gasteiger charge is -2.10. The van der Waals surface area contributed by atoms with Gasteiger partial charge < -0.3 is 18.9 Å². The molecule has 0 saturated carbocycles. The zero-order valence-corrected chi connectivity index (χ0v) is 14.2. The van der Waals surface area contributed by atoms with Gasteiger partial charge in [0, 0.05) is 11.6 Å². The van der Waals surface area contributed by atoms with Crippen molar-refractivity contribution in [3.63, 3.8) is 0 Å². The van der Waals surface area contributed by atoms with Gasteiger partial charge in [0.2, 0.25) is 0 Å². The summed E-state index contributed by atoms with van der Waals surface area (Å²) in [4.78, 5) is 12.2. The van der Waals surface area contributed by atoms with Crippen molar-refractivity contribution in [1.29, 1.82) is 0 Å². The van der Waals surface area contributed by atoms with Crippen LogP contribution in [0.5, 0.6) is 17.2 Å². The lowest BCUT2D eigenvalue weighted by atomic mass is 10.1. The molecule has 1 aliphatic heterocycles. The van der Waals surface area contributed by atoms with E-state index in [9.17, 15) is 4.79 Å². The molecule has 1 heterocycles. The summed E-state index contributed by atoms with van der Waals surface area (Å²) < 4.78 is 21.3. The second-order valence-corrected chi connectivity index (χ2v) is 5.31. The number of para-hydroxylation sites is 1. The predicted molar refractivity (Wildman–Crippen MR) is 94.6 cm³/mol. The number of benzene rings is 2. The second kappa shape index (κ2) is 7.13. The Morgan fingerprint density at radius 2 is 1.68 bits per heavy atom. The molecule has 5 nitrogen and oxygen atoms in total. The van der Waals surface area contributed by atoms with Gasteiger partial charge in [-0.25, -0.2) is 4.79 Å². The van der Waals surface area contributed by atoms with Crippen LogP contribution in [-0.4, -0.2) is 27.3 Å². The number of hydrogen-bond acceptors (Lipinski definition) is 5. The minimum atomic E-state index is -0.418. The molecule has 0 amide bonds. The van der Waals surface area contributed by atoms with Crippen LogP contribution < -0.4 is 14.2 Å². The molecular weight excluding hydrogens is 320 g/mol. The highest BCUT2D eigenvalue weighted by Gasteiger charge is 2.24. The van der Waals surface area contributed by atoms with Gasteiger partial charge in [0.15, 0.2) is 0 Å². The van der Waals surface area contributed by atoms with Gasteiger partial charge in [-0.2, -0.15) is 0 Å². The molecule has 0 fully saturated rings. The largest absolute Gasteiger partial charge is 0.497 e. The zero-order valence-electron chi connectivity index (χ0n) is 14.2. The summed E-state index contributed by atoms with van der Waals surface area (Å²) in [6.07, 6.45) is 3.43. The first kappa shape index (κ1) is 16.6. The van der Waals surface area contributed by atoms with Gasteiger partial charge in [-0.05, 0) is 30.4 Å². The normalized spacial score (nSPS) is 14.9. The number of ether oxygens (including phenoxy) is 4. The quantitative estimate of drug-likeness (QED) is 0.615. The third-order valence-corrected chi connectivity index (χ3v) is 3.85. The molecule has 128 valence electrons. The van der Waals surface area contributed by atoms with E-state index < -0.39 is 5.97 Å². The Hall–Kier alpha value is -3.21. The first-order valence-electron chi connectivity index (χ1n) is 7.67. The second-order valence-electron chi connectivity index (χ2n) is 5.31. The van der Waals surface area contributed by atoms with Gasteiger partial charge in [0.1, 0.15) is 23.0 Å². The number of esters is 1. The number of cyclic esters (lactones) is 1. The summed E-state index contributed by atoms with van der Waals surface area (Å²) in [5, 5.41) is 0. The Kier molecular flexibility index (Phi) is 4.75. The average Bonchev–Trinajstić information content (AvgIpc) is 3.01. The van der Waals surface area contributed by atoms with Crippen LogP contribution in [0.1, 0.15) is 11.1 Å². The molecule has 0 atom stereocenters. The maximum Gasteiger partial charge on any atom is 0.343 e. The van der Waals surface area contributed by atoms with Crippen molar-refractivity contribution in [2.75, 3.05) is 21.3 Å². The molecule has 0 bridgehead atoms. The molecule has 0 N–H and O–H groups in total. The van der Waals surface area contributed by atoms with Crippen LogP contribution in [0.4, 0.5) is 0 Å². The first-order chi connectivity index (χ1) is 12.2. The van der Waals surface area contributed by atoms with Crippen molar-refractivity contribution >= 4 is 17.8 Å². The Balaban J connectivity index is 1.99. The highest BCUT2D eigenvalue weighted by molar-refractivity contribution is 6.05. The zero-order chi connectivity index (χ0) is 17.8. The molecule has 0 spiro atoms. The minimum Gasteiger partial charge on any atom is -0.497 e. The van der Waals surface area contributed by atoms with E-state index in [1.54, 1.807) is 51.7 Å². The first-order valence-corrected chi connectivity index (χ1v) is 7.67. The molecule has 2 aromatic carbocycles. The van der Waals surface area contributed by atoms with E-state index in [1.807, 2.05) is 24.3 Å². The van der Waals surface area contributed by atoms with Gasteiger partial charge in [-0.15, -0.1) is 0 Å². The van der Waals surface area contributed by atoms with Gasteiger partial charge in [0.05, 0.1) is 32.5 Å². The smallest absolute Gasteiger partial charge is 0.343 e. The lowest BCUT2D eigenvalue weighted by Crippen LogP contribution is -1.99. The van der Waals surface area contributed by atoms with Crippen molar-refractivity contribution in [2.45, 2.75) is 0 Å². The molecule has 25 heavy (non-hydrogen) atoms. The predicted octanol–water partition coefficient (Wildman–Crippen LogP) is 3.69. The van der Waals surface area contributed by atoms with Crippen LogP contribution in [0.25, 0.3) is 11.8 Å². The molecule has 5 heteroatoms. The van der Waals surface area contributed by atoms with Crippen LogP contribution in [0, 0.1) is 0 Å². The fourth-order valence-corrected chi connectivity index (χ4v) is 2.58. The van der Waals surface area contributed by atoms with Crippen LogP contribution in [0.3, 0.4) is 0 Å². The van der Waals surface area contributed by atoms with Gasteiger partial charge >= 0.3 is 5.97 Å². The summed E-state index contributed by atoms with van der Waals surface area (Å²) in [5.74, 6) is 1.93. The molecule has 2 aromatic rings. The molecule has 1 aliphatic rings. The van der Waals surface area contributed by atoms with E-state index in [0.29, 0.717) is 34.1 Å². The van der Waals surface area contributed by atoms with Crippen molar-refractivity contribution < 1.29 is 23.7 Å². The van der Waals surface area contributed by atoms with E-state index in [2.05, 4.69) is 0 Å². The van der Waals surface area contributed by atoms with E-state index in [-0.39, 0.29) is 0 Å². The van der Waals surface area contributed by atoms with Crippen LogP contribution in [0.15, 0.2) is 54.1 Å². The third-order valence-electron chi connectivity index (χ3n) is 3.85. The molecule has 3 rings (SSSR count). The fourth-order valence-electron chi connectivity index (χ4n) is 2.58. The monoisotopic (exact) mass is 338 g/mol. The molecule has 0 unspecified atom stereocenters. The molecule has 0 saturated heterocycles. The topological polar surface area (TPSA) is 54.0 Å². The fraction of sp³-hybridized carbons (Fsp3) is 0.150. The minimum absolute atomic E-state index is 0.418. The highest BCUT2D eigenvalue weighted by atomic mass is 16.5. The summed E-state index contributed by atoms with van der Waals surface area (Å²) in [5.41, 5.74) is 1.92. The number of methoxy groups -OCH3 is 3. The third kappa shape index (κ3) is 3.35. The van der Waals surface area contributed by atoms with Crippen molar-refractivity contribution in [3.05, 3.63) is 65.2 Å². The van der Waals surface area contributed by atoms with Crippen LogP contribution in [0.2, 0.25) is 0 Å². The number of rotatable bonds is 5. The highest BCUT2D eigenvalue weighted by Crippen LogP contribution is 2.35. The Labute approximate surface area is 146 Å². The van der Waals surface area contributed by atoms with Crippen molar-refractivity contribution in [2.24, 2.45) is 0 Å². The molecule has 0 aliphatic carbocycles. The maximum atomic E-state index is 12.2. The maximum absolute atomic E-state index is 12.2. The summed E-state index contributed by atoms with van der Waals surface area (Å²) in [6, 6.07) is 12.8. The summed E-state index contributed by atoms with van der Waals surface area (Å²) in [7, 11) is 4.73. The average molecular weight is 338 g/mol. The van der Waals surface area contributed by atoms with E-state index in [4.69, 9.17) is 18.9 Å². The Morgan fingerprint density at radius 1 is 0.920 bits per heavy atom. The van der Waals surface area contributed by atoms with Gasteiger partial charge in [-0.1, -0.05) is 18.2 Å². The van der Waals surface area contributed by atoms with Gasteiger partial charge in [-0.3, -0.25) is 0 Å². The number of hydrogen-bond donors (Lipinski definition) is 0. The SMILES string of the molecule is COc1ccc(C2=C/C(=C\c3ccccc3OC)C(=O)O2)c(OC)c1. The van der Waals surface area contributed by atoms with Gasteiger partial charge in [0.25, 0.3) is 0 Å². The van der Waals surface area contributed by atoms with E-state index in [0.717, 1.165) is 5.56 Å². The van der Waals surface area contributed by atoms with Crippen molar-refractivity contribution in [1.82, 2.24) is 0 Å².